The minimum atomic E-state index is -1.53. The molecular weight excluding hydrogens is 947 g/mol. The molecule has 0 spiro atoms. The maximum absolute atomic E-state index is 10.0. The van der Waals surface area contributed by atoms with Gasteiger partial charge in [0.05, 0.1) is 40.3 Å². The summed E-state index contributed by atoms with van der Waals surface area (Å²) in [5.41, 5.74) is 19.1. The molecule has 0 saturated heterocycles. The zero-order chi connectivity index (χ0) is 57.8. The van der Waals surface area contributed by atoms with Gasteiger partial charge in [0.1, 0.15) is 0 Å². The molecule has 0 radical (unpaired) electrons. The average Bonchev–Trinajstić information content (AvgIpc) is 3.70. The second-order valence-corrected chi connectivity index (χ2v) is 22.1. The number of benzene rings is 7. The molecule has 3 heterocycles. The molecule has 10 rings (SSSR count). The molecule has 0 amide bonds. The van der Waals surface area contributed by atoms with Gasteiger partial charge in [-0.15, -0.1) is 0 Å². The van der Waals surface area contributed by atoms with Crippen LogP contribution in [-0.2, 0) is 38.4 Å². The van der Waals surface area contributed by atoms with Crippen LogP contribution >= 0.6 is 0 Å². The Bertz CT molecular complexity index is 3880. The number of nitrogens with zero attached hydrogens (tertiary/aromatic N) is 5. The molecule has 0 fully saturated rings. The zero-order valence-corrected chi connectivity index (χ0v) is 45.3. The van der Waals surface area contributed by atoms with Crippen LogP contribution in [-0.4, -0.2) is 15.0 Å². The van der Waals surface area contributed by atoms with E-state index in [1.165, 1.54) is 22.3 Å². The van der Waals surface area contributed by atoms with Crippen LogP contribution in [0.1, 0.15) is 91.5 Å². The van der Waals surface area contributed by atoms with Crippen molar-refractivity contribution in [2.45, 2.75) is 80.0 Å². The first-order valence-electron chi connectivity index (χ1n) is 28.7. The van der Waals surface area contributed by atoms with E-state index in [0.29, 0.717) is 22.3 Å². The molecule has 0 N–H and O–H groups in total. The quantitative estimate of drug-likeness (QED) is 0.102. The summed E-state index contributed by atoms with van der Waals surface area (Å²) in [6.45, 7) is 11.5. The fourth-order valence-corrected chi connectivity index (χ4v) is 10.1. The van der Waals surface area contributed by atoms with Crippen molar-refractivity contribution in [1.82, 2.24) is 15.0 Å². The van der Waals surface area contributed by atoms with Gasteiger partial charge in [0.2, 0.25) is 0 Å². The zero-order valence-electron chi connectivity index (χ0n) is 49.3. The van der Waals surface area contributed by atoms with Crippen molar-refractivity contribution in [3.05, 3.63) is 257 Å². The molecule has 0 saturated carbocycles. The molecule has 5 nitrogen and oxygen atoms in total. The number of aromatic nitrogens is 3. The fraction of sp³-hybridized carbons (Fsp3) is 0.192. The third kappa shape index (κ3) is 13.0. The predicted octanol–water partition coefficient (Wildman–Crippen LogP) is 18.0. The molecule has 0 aliphatic heterocycles. The minimum Gasteiger partial charge on any atom is -0.256 e. The second-order valence-electron chi connectivity index (χ2n) is 22.1. The van der Waals surface area contributed by atoms with Crippen LogP contribution in [0.2, 0.25) is 0 Å². The molecule has 0 aliphatic carbocycles. The van der Waals surface area contributed by atoms with Gasteiger partial charge < -0.3 is 0 Å². The average molecular weight is 1020 g/mol. The van der Waals surface area contributed by atoms with Crippen molar-refractivity contribution in [3.63, 3.8) is 0 Å². The highest BCUT2D eigenvalue weighted by molar-refractivity contribution is 5.94. The smallest absolute Gasteiger partial charge is 0.0998 e. The van der Waals surface area contributed by atoms with Crippen molar-refractivity contribution in [2.75, 3.05) is 0 Å². The first-order valence-corrected chi connectivity index (χ1v) is 26.7. The fourth-order valence-electron chi connectivity index (χ4n) is 10.1. The van der Waals surface area contributed by atoms with Crippen molar-refractivity contribution in [1.29, 1.82) is 10.5 Å². The molecule has 5 heteroatoms. The third-order valence-electron chi connectivity index (χ3n) is 13.8. The summed E-state index contributed by atoms with van der Waals surface area (Å²) in [6, 6.07) is 70.5. The van der Waals surface area contributed by atoms with Gasteiger partial charge in [-0.1, -0.05) is 181 Å². The lowest BCUT2D eigenvalue weighted by molar-refractivity contribution is 0.411. The van der Waals surface area contributed by atoms with Crippen molar-refractivity contribution in [3.8, 4) is 90.4 Å². The van der Waals surface area contributed by atoms with Gasteiger partial charge in [0, 0.05) is 40.8 Å². The summed E-state index contributed by atoms with van der Waals surface area (Å²) < 4.78 is 35.5. The third-order valence-corrected chi connectivity index (χ3v) is 13.8. The van der Waals surface area contributed by atoms with Gasteiger partial charge in [-0.05, 0) is 182 Å². The highest BCUT2D eigenvalue weighted by atomic mass is 14.7. The Kier molecular flexibility index (Phi) is 14.0. The standard InChI is InChI=1S/C73H65N5/c1-72(2,3)46-54-34-37-77-70(43-54)59-23-18-50(19-24-59)14-16-52-39-53(17-15-51-20-25-60(26-21-51)71-44-55(35-38-78-71)47-73(4,5)6)41-62(40-52)65-11-7-8-12-66(65)67-33-31-61(69-13-9-10-36-76-69)45-68(67)58-29-27-57(28-30-58)64-32-22-56(48-74)42-63(64)49-75/h7-13,18-45H,14-17,46-47H2,1-6H3/i46D2,47D2. The number of hydrogen-bond acceptors (Lipinski definition) is 5. The highest BCUT2D eigenvalue weighted by Crippen LogP contribution is 2.42. The van der Waals surface area contributed by atoms with Crippen LogP contribution in [0, 0.1) is 33.5 Å². The summed E-state index contributed by atoms with van der Waals surface area (Å²) in [5, 5.41) is 19.6. The Labute approximate surface area is 467 Å². The van der Waals surface area contributed by atoms with Crippen LogP contribution in [0.4, 0.5) is 0 Å². The monoisotopic (exact) mass is 1020 g/mol. The minimum absolute atomic E-state index is 0.447. The van der Waals surface area contributed by atoms with Gasteiger partial charge in [-0.25, -0.2) is 0 Å². The highest BCUT2D eigenvalue weighted by Gasteiger charge is 2.18. The Morgan fingerprint density at radius 3 is 1.35 bits per heavy atom. The second kappa shape index (κ2) is 23.1. The molecule has 0 atom stereocenters. The normalized spacial score (nSPS) is 12.6. The number of hydrogen-bond donors (Lipinski definition) is 0. The van der Waals surface area contributed by atoms with Gasteiger partial charge in [0.15, 0.2) is 0 Å². The Morgan fingerprint density at radius 1 is 0.346 bits per heavy atom. The summed E-state index contributed by atoms with van der Waals surface area (Å²) in [5.74, 6) is 0. The van der Waals surface area contributed by atoms with E-state index in [1.807, 2.05) is 96.3 Å². The molecule has 382 valence electrons. The van der Waals surface area contributed by atoms with E-state index in [2.05, 4.69) is 143 Å². The maximum atomic E-state index is 10.0. The van der Waals surface area contributed by atoms with Crippen LogP contribution in [0.25, 0.3) is 78.3 Å². The van der Waals surface area contributed by atoms with E-state index in [9.17, 15) is 10.5 Å². The Hall–Kier alpha value is -9.03. The van der Waals surface area contributed by atoms with Gasteiger partial charge in [-0.3, -0.25) is 15.0 Å². The lowest BCUT2D eigenvalue weighted by Gasteiger charge is -2.18. The van der Waals surface area contributed by atoms with E-state index in [-0.39, 0.29) is 0 Å². The summed E-state index contributed by atoms with van der Waals surface area (Å²) >= 11 is 0. The van der Waals surface area contributed by atoms with Gasteiger partial charge in [0.25, 0.3) is 0 Å². The summed E-state index contributed by atoms with van der Waals surface area (Å²) in [4.78, 5) is 14.0. The number of nitriles is 2. The molecule has 10 aromatic rings. The molecule has 0 aliphatic rings. The van der Waals surface area contributed by atoms with E-state index < -0.39 is 23.6 Å². The molecule has 3 aromatic heterocycles. The van der Waals surface area contributed by atoms with Crippen molar-refractivity contribution < 1.29 is 5.48 Å². The topological polar surface area (TPSA) is 86.2 Å². The summed E-state index contributed by atoms with van der Waals surface area (Å²) in [7, 11) is 0. The maximum Gasteiger partial charge on any atom is 0.0998 e. The lowest BCUT2D eigenvalue weighted by atomic mass is 9.86. The molecule has 78 heavy (non-hydrogen) atoms. The molecule has 0 unspecified atom stereocenters. The van der Waals surface area contributed by atoms with E-state index in [1.54, 1.807) is 36.7 Å². The van der Waals surface area contributed by atoms with Gasteiger partial charge >= 0.3 is 0 Å². The van der Waals surface area contributed by atoms with Gasteiger partial charge in [-0.2, -0.15) is 10.5 Å². The molecule has 0 bridgehead atoms. The first kappa shape index (κ1) is 47.4. The van der Waals surface area contributed by atoms with Crippen LogP contribution in [0.15, 0.2) is 213 Å². The first-order chi connectivity index (χ1) is 39.3. The predicted molar refractivity (Wildman–Crippen MR) is 321 cm³/mol. The van der Waals surface area contributed by atoms with E-state index >= 15 is 0 Å². The van der Waals surface area contributed by atoms with Crippen LogP contribution < -0.4 is 0 Å². The van der Waals surface area contributed by atoms with Crippen molar-refractivity contribution in [2.24, 2.45) is 10.8 Å². The number of rotatable bonds is 15. The van der Waals surface area contributed by atoms with Crippen LogP contribution in [0.3, 0.4) is 0 Å². The van der Waals surface area contributed by atoms with Crippen LogP contribution in [0.5, 0.6) is 0 Å². The van der Waals surface area contributed by atoms with E-state index in [4.69, 9.17) is 10.5 Å². The Balaban J connectivity index is 0.997. The molecule has 7 aromatic carbocycles. The lowest BCUT2D eigenvalue weighted by Crippen LogP contribution is -2.09. The number of aryl methyl sites for hydroxylation is 4. The van der Waals surface area contributed by atoms with E-state index in [0.717, 1.165) is 104 Å². The Morgan fingerprint density at radius 2 is 0.821 bits per heavy atom. The number of pyridine rings is 3. The summed E-state index contributed by atoms with van der Waals surface area (Å²) in [6.07, 6.45) is 5.40. The van der Waals surface area contributed by atoms with Crippen molar-refractivity contribution >= 4 is 0 Å². The largest absolute Gasteiger partial charge is 0.256 e. The molecular formula is C73H65N5. The SMILES string of the molecule is [2H]C([2H])(c1ccnc(-c2ccc(CCc3cc(CCc4ccc(-c5cc(C([2H])([2H])C(C)(C)C)ccn5)cc4)cc(-c4ccccc4-c4ccc(-c5ccccn5)cc4-c4ccc(-c5ccc(C#N)cc5C#N)cc4)c3)cc2)c1)C(C)(C)C.